The van der Waals surface area contributed by atoms with E-state index in [1.807, 2.05) is 36.1 Å². The average molecular weight is 366 g/mol. The van der Waals surface area contributed by atoms with Gasteiger partial charge >= 0.3 is 0 Å². The minimum atomic E-state index is -0.0597. The summed E-state index contributed by atoms with van der Waals surface area (Å²) in [7, 11) is 0. The van der Waals surface area contributed by atoms with Crippen molar-refractivity contribution in [2.24, 2.45) is 0 Å². The number of carbonyl (C=O) groups excluding carboxylic acids is 2. The van der Waals surface area contributed by atoms with Crippen LogP contribution in [0.15, 0.2) is 42.5 Å². The molecule has 27 heavy (non-hydrogen) atoms. The molecule has 0 atom stereocenters. The number of hydrogen-bond acceptors (Lipinski definition) is 4. The number of piperidine rings is 1. The minimum absolute atomic E-state index is 0.0170. The van der Waals surface area contributed by atoms with Crippen LogP contribution in [0.5, 0.6) is 11.5 Å². The van der Waals surface area contributed by atoms with Crippen LogP contribution in [-0.2, 0) is 0 Å². The third-order valence-corrected chi connectivity index (χ3v) is 5.05. The number of nitrogens with zero attached hydrogens (tertiary/aromatic N) is 1. The van der Waals surface area contributed by atoms with Crippen molar-refractivity contribution in [1.29, 1.82) is 0 Å². The number of carbonyl (C=O) groups is 2. The molecule has 2 amide bonds. The summed E-state index contributed by atoms with van der Waals surface area (Å²) >= 11 is 0. The Morgan fingerprint density at radius 1 is 0.963 bits per heavy atom. The zero-order valence-corrected chi connectivity index (χ0v) is 15.2. The Bertz CT molecular complexity index is 855. The summed E-state index contributed by atoms with van der Waals surface area (Å²) in [5.74, 6) is 1.21. The summed E-state index contributed by atoms with van der Waals surface area (Å²) in [5.41, 5.74) is 2.39. The number of hydrogen-bond donors (Lipinski definition) is 1. The highest BCUT2D eigenvalue weighted by molar-refractivity contribution is 5.95. The number of fused-ring (bicyclic) bond motifs is 1. The lowest BCUT2D eigenvalue weighted by Crippen LogP contribution is -2.46. The Hall–Kier alpha value is -3.02. The first-order valence-corrected chi connectivity index (χ1v) is 9.16. The van der Waals surface area contributed by atoms with Gasteiger partial charge in [0.25, 0.3) is 11.8 Å². The lowest BCUT2D eigenvalue weighted by molar-refractivity contribution is 0.0697. The van der Waals surface area contributed by atoms with Crippen LogP contribution in [0.2, 0.25) is 0 Å². The molecule has 2 aliphatic heterocycles. The van der Waals surface area contributed by atoms with Gasteiger partial charge in [-0.3, -0.25) is 9.59 Å². The van der Waals surface area contributed by atoms with E-state index in [4.69, 9.17) is 9.47 Å². The maximum atomic E-state index is 12.7. The quantitative estimate of drug-likeness (QED) is 0.907. The van der Waals surface area contributed by atoms with E-state index in [0.29, 0.717) is 35.7 Å². The normalized spacial score (nSPS) is 16.3. The summed E-state index contributed by atoms with van der Waals surface area (Å²) in [4.78, 5) is 26.9. The molecular formula is C21H22N2O4. The molecule has 1 fully saturated rings. The van der Waals surface area contributed by atoms with E-state index in [0.717, 1.165) is 18.4 Å². The van der Waals surface area contributed by atoms with Gasteiger partial charge in [0, 0.05) is 30.3 Å². The molecule has 2 heterocycles. The van der Waals surface area contributed by atoms with E-state index in [1.165, 1.54) is 0 Å². The average Bonchev–Trinajstić information content (AvgIpc) is 3.16. The van der Waals surface area contributed by atoms with Crippen LogP contribution in [0.4, 0.5) is 0 Å². The second-order valence-electron chi connectivity index (χ2n) is 6.97. The van der Waals surface area contributed by atoms with Gasteiger partial charge in [0.05, 0.1) is 0 Å². The van der Waals surface area contributed by atoms with Gasteiger partial charge in [-0.15, -0.1) is 0 Å². The highest BCUT2D eigenvalue weighted by Gasteiger charge is 2.26. The Balaban J connectivity index is 1.32. The standard InChI is InChI=1S/C21H22N2O4/c1-14-2-4-15(5-3-14)20(24)22-17-8-10-23(11-9-17)21(25)16-6-7-18-19(12-16)27-13-26-18/h2-7,12,17H,8-11,13H2,1H3,(H,22,24). The van der Waals surface area contributed by atoms with Gasteiger partial charge in [-0.25, -0.2) is 0 Å². The van der Waals surface area contributed by atoms with Crippen LogP contribution in [0.25, 0.3) is 0 Å². The summed E-state index contributed by atoms with van der Waals surface area (Å²) < 4.78 is 10.6. The molecule has 6 nitrogen and oxygen atoms in total. The molecule has 0 aromatic heterocycles. The molecule has 1 N–H and O–H groups in total. The zero-order valence-electron chi connectivity index (χ0n) is 15.2. The first-order chi connectivity index (χ1) is 13.1. The smallest absolute Gasteiger partial charge is 0.253 e. The van der Waals surface area contributed by atoms with Crippen molar-refractivity contribution in [3.63, 3.8) is 0 Å². The molecule has 0 radical (unpaired) electrons. The second kappa shape index (κ2) is 7.31. The maximum Gasteiger partial charge on any atom is 0.253 e. The number of nitrogens with one attached hydrogen (secondary N) is 1. The van der Waals surface area contributed by atoms with Crippen molar-refractivity contribution in [2.45, 2.75) is 25.8 Å². The zero-order chi connectivity index (χ0) is 18.8. The number of rotatable bonds is 3. The van der Waals surface area contributed by atoms with Crippen LogP contribution < -0.4 is 14.8 Å². The SMILES string of the molecule is Cc1ccc(C(=O)NC2CCN(C(=O)c3ccc4c(c3)OCO4)CC2)cc1. The van der Waals surface area contributed by atoms with Crippen LogP contribution in [0, 0.1) is 6.92 Å². The molecule has 0 aliphatic carbocycles. The molecule has 2 aliphatic rings. The molecule has 140 valence electrons. The summed E-state index contributed by atoms with van der Waals surface area (Å²) in [5, 5.41) is 3.07. The van der Waals surface area contributed by atoms with Crippen LogP contribution in [0.3, 0.4) is 0 Å². The third kappa shape index (κ3) is 3.74. The van der Waals surface area contributed by atoms with E-state index in [-0.39, 0.29) is 24.6 Å². The van der Waals surface area contributed by atoms with E-state index in [1.54, 1.807) is 18.2 Å². The largest absolute Gasteiger partial charge is 0.454 e. The van der Waals surface area contributed by atoms with Gasteiger partial charge in [0.1, 0.15) is 0 Å². The highest BCUT2D eigenvalue weighted by Crippen LogP contribution is 2.33. The molecule has 0 spiro atoms. The second-order valence-corrected chi connectivity index (χ2v) is 6.97. The van der Waals surface area contributed by atoms with Crippen molar-refractivity contribution in [1.82, 2.24) is 10.2 Å². The van der Waals surface area contributed by atoms with Crippen molar-refractivity contribution in [3.05, 3.63) is 59.2 Å². The number of ether oxygens (including phenoxy) is 2. The van der Waals surface area contributed by atoms with Gasteiger partial charge < -0.3 is 19.7 Å². The lowest BCUT2D eigenvalue weighted by Gasteiger charge is -2.32. The number of amides is 2. The molecule has 4 rings (SSSR count). The summed E-state index contributed by atoms with van der Waals surface area (Å²) in [6.07, 6.45) is 1.49. The van der Waals surface area contributed by atoms with Gasteiger partial charge in [-0.05, 0) is 50.1 Å². The van der Waals surface area contributed by atoms with Gasteiger partial charge in [-0.2, -0.15) is 0 Å². The van der Waals surface area contributed by atoms with E-state index in [9.17, 15) is 9.59 Å². The third-order valence-electron chi connectivity index (χ3n) is 5.05. The first-order valence-electron chi connectivity index (χ1n) is 9.16. The molecule has 0 unspecified atom stereocenters. The van der Waals surface area contributed by atoms with Crippen molar-refractivity contribution in [3.8, 4) is 11.5 Å². The lowest BCUT2D eigenvalue weighted by atomic mass is 10.0. The van der Waals surface area contributed by atoms with Crippen LogP contribution in [-0.4, -0.2) is 42.6 Å². The Kier molecular flexibility index (Phi) is 4.71. The summed E-state index contributed by atoms with van der Waals surface area (Å²) in [6, 6.07) is 12.9. The number of benzene rings is 2. The van der Waals surface area contributed by atoms with Gasteiger partial charge in [-0.1, -0.05) is 17.7 Å². The Morgan fingerprint density at radius 2 is 1.63 bits per heavy atom. The topological polar surface area (TPSA) is 67.9 Å². The highest BCUT2D eigenvalue weighted by atomic mass is 16.7. The fraction of sp³-hybridized carbons (Fsp3) is 0.333. The predicted molar refractivity (Wildman–Crippen MR) is 100 cm³/mol. The molecule has 1 saturated heterocycles. The van der Waals surface area contributed by atoms with Gasteiger partial charge in [0.15, 0.2) is 11.5 Å². The first kappa shape index (κ1) is 17.4. The summed E-state index contributed by atoms with van der Waals surface area (Å²) in [6.45, 7) is 3.42. The number of likely N-dealkylation sites (tertiary alicyclic amines) is 1. The van der Waals surface area contributed by atoms with Crippen molar-refractivity contribution < 1.29 is 19.1 Å². The van der Waals surface area contributed by atoms with E-state index < -0.39 is 0 Å². The molecule has 0 saturated carbocycles. The molecular weight excluding hydrogens is 344 g/mol. The molecule has 0 bridgehead atoms. The van der Waals surface area contributed by atoms with Gasteiger partial charge in [0.2, 0.25) is 6.79 Å². The van der Waals surface area contributed by atoms with Crippen molar-refractivity contribution >= 4 is 11.8 Å². The molecule has 2 aromatic rings. The maximum absolute atomic E-state index is 12.7. The van der Waals surface area contributed by atoms with E-state index >= 15 is 0 Å². The monoisotopic (exact) mass is 366 g/mol. The number of aryl methyl sites for hydroxylation is 1. The van der Waals surface area contributed by atoms with Crippen LogP contribution in [0.1, 0.15) is 39.1 Å². The molecule has 2 aromatic carbocycles. The predicted octanol–water partition coefficient (Wildman–Crippen LogP) is 2.76. The fourth-order valence-electron chi connectivity index (χ4n) is 3.41. The minimum Gasteiger partial charge on any atom is -0.454 e. The van der Waals surface area contributed by atoms with E-state index in [2.05, 4.69) is 5.32 Å². The fourth-order valence-corrected chi connectivity index (χ4v) is 3.41. The Morgan fingerprint density at radius 3 is 2.37 bits per heavy atom. The van der Waals surface area contributed by atoms with Crippen LogP contribution >= 0.6 is 0 Å². The Labute approximate surface area is 158 Å². The van der Waals surface area contributed by atoms with Crippen molar-refractivity contribution in [2.75, 3.05) is 19.9 Å². The molecule has 6 heteroatoms.